The molecule has 0 spiro atoms. The molecular formula is C19H21F3N6O2. The van der Waals surface area contributed by atoms with Gasteiger partial charge in [-0.15, -0.1) is 0 Å². The van der Waals surface area contributed by atoms with Gasteiger partial charge in [-0.25, -0.2) is 4.98 Å². The molecule has 1 aromatic carbocycles. The number of furan rings is 1. The molecule has 0 saturated carbocycles. The Hall–Kier alpha value is -3.50. The minimum atomic E-state index is -4.36. The van der Waals surface area contributed by atoms with Crippen molar-refractivity contribution in [1.29, 1.82) is 0 Å². The lowest BCUT2D eigenvalue weighted by atomic mass is 10.2. The van der Waals surface area contributed by atoms with Gasteiger partial charge in [0.1, 0.15) is 11.6 Å². The Labute approximate surface area is 170 Å². The van der Waals surface area contributed by atoms with Crippen LogP contribution in [0, 0.1) is 0 Å². The Morgan fingerprint density at radius 1 is 1.20 bits per heavy atom. The van der Waals surface area contributed by atoms with E-state index in [0.717, 1.165) is 5.56 Å². The fraction of sp³-hybridized carbons (Fsp3) is 0.316. The Morgan fingerprint density at radius 3 is 2.67 bits per heavy atom. The van der Waals surface area contributed by atoms with Gasteiger partial charge in [0.15, 0.2) is 18.3 Å². The maximum Gasteiger partial charge on any atom is 0.422 e. The van der Waals surface area contributed by atoms with Crippen LogP contribution >= 0.6 is 0 Å². The van der Waals surface area contributed by atoms with Gasteiger partial charge in [0.25, 0.3) is 0 Å². The van der Waals surface area contributed by atoms with E-state index in [1.807, 2.05) is 0 Å². The zero-order valence-corrected chi connectivity index (χ0v) is 16.2. The number of benzene rings is 1. The van der Waals surface area contributed by atoms with Crippen LogP contribution in [0.4, 0.5) is 13.2 Å². The topological polar surface area (TPSA) is 100 Å². The fourth-order valence-electron chi connectivity index (χ4n) is 2.50. The predicted molar refractivity (Wildman–Crippen MR) is 104 cm³/mol. The number of H-pyrrole nitrogens is 1. The molecule has 30 heavy (non-hydrogen) atoms. The van der Waals surface area contributed by atoms with Crippen LogP contribution in [-0.2, 0) is 13.0 Å². The number of aromatic nitrogens is 3. The van der Waals surface area contributed by atoms with Crippen molar-refractivity contribution in [2.45, 2.75) is 19.1 Å². The lowest BCUT2D eigenvalue weighted by molar-refractivity contribution is -0.153. The molecule has 3 aromatic rings. The molecule has 0 saturated heterocycles. The summed E-state index contributed by atoms with van der Waals surface area (Å²) >= 11 is 0. The Kier molecular flexibility index (Phi) is 6.94. The molecule has 2 heterocycles. The van der Waals surface area contributed by atoms with E-state index in [4.69, 9.17) is 9.15 Å². The first-order valence-electron chi connectivity index (χ1n) is 9.11. The fourth-order valence-corrected chi connectivity index (χ4v) is 2.50. The number of nitrogens with one attached hydrogen (secondary N) is 3. The molecule has 3 rings (SSSR count). The highest BCUT2D eigenvalue weighted by Gasteiger charge is 2.28. The van der Waals surface area contributed by atoms with E-state index < -0.39 is 12.8 Å². The first-order chi connectivity index (χ1) is 14.4. The van der Waals surface area contributed by atoms with Crippen LogP contribution in [0.2, 0.25) is 0 Å². The van der Waals surface area contributed by atoms with E-state index in [1.165, 1.54) is 12.1 Å². The highest BCUT2D eigenvalue weighted by atomic mass is 19.4. The molecule has 3 N–H and O–H groups in total. The third kappa shape index (κ3) is 6.54. The summed E-state index contributed by atoms with van der Waals surface area (Å²) in [6.45, 7) is -0.295. The standard InChI is InChI=1S/C19H21F3N6O2/c1-23-18(24-9-8-16-26-17(28-27-16)15-3-2-10-29-15)25-11-13-4-6-14(7-5-13)30-12-19(20,21)22/h2-7,10H,8-9,11-12H2,1H3,(H2,23,24,25)(H,26,27,28). The largest absolute Gasteiger partial charge is 0.484 e. The maximum atomic E-state index is 12.2. The second kappa shape index (κ2) is 9.81. The molecule has 0 aliphatic carbocycles. The smallest absolute Gasteiger partial charge is 0.422 e. The first-order valence-corrected chi connectivity index (χ1v) is 9.11. The van der Waals surface area contributed by atoms with Crippen LogP contribution in [0.5, 0.6) is 5.75 Å². The Morgan fingerprint density at radius 2 is 2.00 bits per heavy atom. The Bertz CT molecular complexity index is 936. The van der Waals surface area contributed by atoms with Crippen molar-refractivity contribution in [3.63, 3.8) is 0 Å². The van der Waals surface area contributed by atoms with Crippen molar-refractivity contribution in [3.05, 3.63) is 54.0 Å². The van der Waals surface area contributed by atoms with E-state index in [1.54, 1.807) is 37.6 Å². The Balaban J connectivity index is 1.40. The number of alkyl halides is 3. The molecule has 160 valence electrons. The summed E-state index contributed by atoms with van der Waals surface area (Å²) in [5.74, 6) is 2.55. The molecule has 0 bridgehead atoms. The number of aromatic amines is 1. The highest BCUT2D eigenvalue weighted by molar-refractivity contribution is 5.79. The molecular weight excluding hydrogens is 401 g/mol. The number of rotatable bonds is 8. The lowest BCUT2D eigenvalue weighted by Crippen LogP contribution is -2.37. The summed E-state index contributed by atoms with van der Waals surface area (Å²) in [6.07, 6.45) is -2.20. The average Bonchev–Trinajstić information content (AvgIpc) is 3.41. The summed E-state index contributed by atoms with van der Waals surface area (Å²) in [5, 5.41) is 13.3. The summed E-state index contributed by atoms with van der Waals surface area (Å²) in [7, 11) is 1.65. The van der Waals surface area contributed by atoms with Crippen LogP contribution in [0.25, 0.3) is 11.6 Å². The quantitative estimate of drug-likeness (QED) is 0.381. The minimum Gasteiger partial charge on any atom is -0.484 e. The molecule has 0 atom stereocenters. The van der Waals surface area contributed by atoms with Gasteiger partial charge in [-0.2, -0.15) is 18.3 Å². The van der Waals surface area contributed by atoms with Gasteiger partial charge in [0.2, 0.25) is 5.82 Å². The van der Waals surface area contributed by atoms with Crippen LogP contribution in [0.3, 0.4) is 0 Å². The van der Waals surface area contributed by atoms with Crippen LogP contribution in [0.1, 0.15) is 11.4 Å². The monoisotopic (exact) mass is 422 g/mol. The van der Waals surface area contributed by atoms with E-state index in [0.29, 0.717) is 42.9 Å². The molecule has 0 aliphatic rings. The third-order valence-corrected chi connectivity index (χ3v) is 3.94. The number of guanidine groups is 1. The summed E-state index contributed by atoms with van der Waals surface area (Å²) in [5.41, 5.74) is 0.871. The second-order valence-corrected chi connectivity index (χ2v) is 6.23. The number of ether oxygens (including phenoxy) is 1. The SMILES string of the molecule is CN=C(NCCc1nc(-c2ccco2)n[nH]1)NCc1ccc(OCC(F)(F)F)cc1. The van der Waals surface area contributed by atoms with Crippen molar-refractivity contribution in [2.24, 2.45) is 4.99 Å². The molecule has 0 radical (unpaired) electrons. The lowest BCUT2D eigenvalue weighted by Gasteiger charge is -2.12. The van der Waals surface area contributed by atoms with Crippen molar-refractivity contribution in [2.75, 3.05) is 20.2 Å². The van der Waals surface area contributed by atoms with Gasteiger partial charge in [-0.3, -0.25) is 10.1 Å². The average molecular weight is 422 g/mol. The summed E-state index contributed by atoms with van der Waals surface area (Å²) < 4.78 is 46.5. The molecule has 2 aromatic heterocycles. The van der Waals surface area contributed by atoms with E-state index >= 15 is 0 Å². The zero-order valence-electron chi connectivity index (χ0n) is 16.2. The van der Waals surface area contributed by atoms with Crippen LogP contribution in [0.15, 0.2) is 52.1 Å². The maximum absolute atomic E-state index is 12.2. The van der Waals surface area contributed by atoms with Gasteiger partial charge in [0.05, 0.1) is 6.26 Å². The molecule has 0 fully saturated rings. The van der Waals surface area contributed by atoms with Gasteiger partial charge < -0.3 is 19.8 Å². The number of aliphatic imine (C=N–C) groups is 1. The summed E-state index contributed by atoms with van der Waals surface area (Å²) in [4.78, 5) is 8.50. The van der Waals surface area contributed by atoms with Crippen molar-refractivity contribution < 1.29 is 22.3 Å². The van der Waals surface area contributed by atoms with Crippen LogP contribution < -0.4 is 15.4 Å². The molecule has 8 nitrogen and oxygen atoms in total. The van der Waals surface area contributed by atoms with Crippen LogP contribution in [-0.4, -0.2) is 47.5 Å². The van der Waals surface area contributed by atoms with Crippen molar-refractivity contribution in [3.8, 4) is 17.3 Å². The summed E-state index contributed by atoms with van der Waals surface area (Å²) in [6, 6.07) is 9.93. The first kappa shape index (κ1) is 21.2. The molecule has 0 amide bonds. The molecule has 0 unspecified atom stereocenters. The minimum absolute atomic E-state index is 0.166. The molecule has 11 heteroatoms. The highest BCUT2D eigenvalue weighted by Crippen LogP contribution is 2.19. The van der Waals surface area contributed by atoms with Gasteiger partial charge in [0, 0.05) is 26.6 Å². The van der Waals surface area contributed by atoms with E-state index in [9.17, 15) is 13.2 Å². The normalized spacial score (nSPS) is 12.1. The number of nitrogens with zero attached hydrogens (tertiary/aromatic N) is 3. The zero-order chi connectivity index (χ0) is 21.4. The van der Waals surface area contributed by atoms with Crippen molar-refractivity contribution >= 4 is 5.96 Å². The van der Waals surface area contributed by atoms with Gasteiger partial charge in [-0.05, 0) is 29.8 Å². The van der Waals surface area contributed by atoms with E-state index in [-0.39, 0.29) is 5.75 Å². The number of hydrogen-bond acceptors (Lipinski definition) is 5. The van der Waals surface area contributed by atoms with Gasteiger partial charge in [-0.1, -0.05) is 12.1 Å². The number of halogens is 3. The van der Waals surface area contributed by atoms with E-state index in [2.05, 4.69) is 30.8 Å². The second-order valence-electron chi connectivity index (χ2n) is 6.23. The molecule has 0 aliphatic heterocycles. The van der Waals surface area contributed by atoms with Gasteiger partial charge >= 0.3 is 6.18 Å². The predicted octanol–water partition coefficient (Wildman–Crippen LogP) is 2.91. The third-order valence-electron chi connectivity index (χ3n) is 3.94. The number of hydrogen-bond donors (Lipinski definition) is 3. The van der Waals surface area contributed by atoms with Crippen molar-refractivity contribution in [1.82, 2.24) is 25.8 Å².